The molecule has 0 bridgehead atoms. The standard InChI is InChI=1S/C12H18N2S/c1-9(2)14-11(13(3)4)8-10-6-5-7-15-12(10)14/h5-6,8-9H,7H2,1-4H3. The molecule has 1 aromatic heterocycles. The van der Waals surface area contributed by atoms with E-state index >= 15 is 0 Å². The molecule has 15 heavy (non-hydrogen) atoms. The number of thioether (sulfide) groups is 1. The van der Waals surface area contributed by atoms with Crippen molar-refractivity contribution in [2.75, 3.05) is 24.7 Å². The Morgan fingerprint density at radius 3 is 2.73 bits per heavy atom. The van der Waals surface area contributed by atoms with E-state index in [1.165, 1.54) is 16.4 Å². The summed E-state index contributed by atoms with van der Waals surface area (Å²) in [7, 11) is 4.21. The first-order chi connectivity index (χ1) is 7.11. The molecule has 0 aromatic carbocycles. The predicted octanol–water partition coefficient (Wildman–Crippen LogP) is 3.25. The lowest BCUT2D eigenvalue weighted by molar-refractivity contribution is 0.560. The molecule has 0 spiro atoms. The molecule has 1 aliphatic heterocycles. The Balaban J connectivity index is 2.57. The van der Waals surface area contributed by atoms with E-state index in [9.17, 15) is 0 Å². The molecule has 0 fully saturated rings. The number of anilines is 1. The second-order valence-corrected chi connectivity index (χ2v) is 5.34. The van der Waals surface area contributed by atoms with Crippen LogP contribution in [0.25, 0.3) is 6.08 Å². The zero-order valence-electron chi connectivity index (χ0n) is 9.82. The molecule has 0 amide bonds. The summed E-state index contributed by atoms with van der Waals surface area (Å²) < 4.78 is 2.42. The molecule has 0 saturated heterocycles. The van der Waals surface area contributed by atoms with Crippen LogP contribution in [0.4, 0.5) is 5.82 Å². The molecular weight excluding hydrogens is 204 g/mol. The lowest BCUT2D eigenvalue weighted by Gasteiger charge is -2.21. The maximum absolute atomic E-state index is 2.42. The predicted molar refractivity (Wildman–Crippen MR) is 68.9 cm³/mol. The van der Waals surface area contributed by atoms with E-state index in [1.807, 2.05) is 11.8 Å². The highest BCUT2D eigenvalue weighted by Gasteiger charge is 2.18. The van der Waals surface area contributed by atoms with Crippen molar-refractivity contribution in [3.63, 3.8) is 0 Å². The van der Waals surface area contributed by atoms with Gasteiger partial charge in [-0.25, -0.2) is 0 Å². The second kappa shape index (κ2) is 3.97. The van der Waals surface area contributed by atoms with Crippen molar-refractivity contribution in [3.05, 3.63) is 17.7 Å². The van der Waals surface area contributed by atoms with Crippen LogP contribution >= 0.6 is 11.8 Å². The third-order valence-corrected chi connectivity index (χ3v) is 3.65. The fraction of sp³-hybridized carbons (Fsp3) is 0.500. The van der Waals surface area contributed by atoms with Crippen LogP contribution in [0.15, 0.2) is 17.2 Å². The summed E-state index contributed by atoms with van der Waals surface area (Å²) in [6.07, 6.45) is 4.47. The fourth-order valence-corrected chi connectivity index (χ4v) is 3.02. The molecule has 82 valence electrons. The van der Waals surface area contributed by atoms with Gasteiger partial charge in [0.05, 0.1) is 5.03 Å². The highest BCUT2D eigenvalue weighted by molar-refractivity contribution is 7.99. The molecule has 3 heteroatoms. The average molecular weight is 222 g/mol. The Morgan fingerprint density at radius 2 is 2.13 bits per heavy atom. The zero-order chi connectivity index (χ0) is 11.0. The third kappa shape index (κ3) is 1.81. The third-order valence-electron chi connectivity index (χ3n) is 2.59. The Labute approximate surface area is 96.0 Å². The van der Waals surface area contributed by atoms with Crippen molar-refractivity contribution in [1.29, 1.82) is 0 Å². The van der Waals surface area contributed by atoms with Gasteiger partial charge in [-0.05, 0) is 19.9 Å². The first-order valence-electron chi connectivity index (χ1n) is 5.33. The molecule has 0 saturated carbocycles. The van der Waals surface area contributed by atoms with Crippen molar-refractivity contribution >= 4 is 23.7 Å². The monoisotopic (exact) mass is 222 g/mol. The number of hydrogen-bond acceptors (Lipinski definition) is 2. The summed E-state index contributed by atoms with van der Waals surface area (Å²) in [5.41, 5.74) is 1.36. The number of aromatic nitrogens is 1. The van der Waals surface area contributed by atoms with Gasteiger partial charge in [0.1, 0.15) is 5.82 Å². The molecule has 0 unspecified atom stereocenters. The van der Waals surface area contributed by atoms with Gasteiger partial charge in [-0.3, -0.25) is 0 Å². The van der Waals surface area contributed by atoms with Crippen molar-refractivity contribution < 1.29 is 0 Å². The van der Waals surface area contributed by atoms with Gasteiger partial charge in [-0.15, -0.1) is 11.8 Å². The van der Waals surface area contributed by atoms with E-state index in [1.54, 1.807) is 0 Å². The van der Waals surface area contributed by atoms with Crippen LogP contribution < -0.4 is 4.90 Å². The summed E-state index contributed by atoms with van der Waals surface area (Å²) in [5, 5.41) is 1.41. The largest absolute Gasteiger partial charge is 0.364 e. The molecule has 0 aliphatic carbocycles. The van der Waals surface area contributed by atoms with Gasteiger partial charge in [-0.1, -0.05) is 12.2 Å². The molecular formula is C12H18N2S. The Kier molecular flexibility index (Phi) is 2.83. The zero-order valence-corrected chi connectivity index (χ0v) is 10.6. The highest BCUT2D eigenvalue weighted by atomic mass is 32.2. The minimum absolute atomic E-state index is 0.519. The normalized spacial score (nSPS) is 14.5. The first kappa shape index (κ1) is 10.7. The molecule has 2 rings (SSSR count). The van der Waals surface area contributed by atoms with Crippen LogP contribution in [0.5, 0.6) is 0 Å². The summed E-state index contributed by atoms with van der Waals surface area (Å²) in [6.45, 7) is 4.48. The van der Waals surface area contributed by atoms with E-state index in [0.29, 0.717) is 6.04 Å². The summed E-state index contributed by atoms with van der Waals surface area (Å²) in [4.78, 5) is 2.19. The van der Waals surface area contributed by atoms with Crippen molar-refractivity contribution in [1.82, 2.24) is 4.57 Å². The van der Waals surface area contributed by atoms with E-state index < -0.39 is 0 Å². The van der Waals surface area contributed by atoms with E-state index in [0.717, 1.165) is 5.75 Å². The Bertz CT molecular complexity index is 389. The van der Waals surface area contributed by atoms with E-state index in [4.69, 9.17) is 0 Å². The van der Waals surface area contributed by atoms with Gasteiger partial charge in [0.25, 0.3) is 0 Å². The van der Waals surface area contributed by atoms with Gasteiger partial charge in [0.15, 0.2) is 0 Å². The number of rotatable bonds is 2. The van der Waals surface area contributed by atoms with E-state index in [-0.39, 0.29) is 0 Å². The van der Waals surface area contributed by atoms with Crippen LogP contribution in [-0.4, -0.2) is 24.4 Å². The summed E-state index contributed by atoms with van der Waals surface area (Å²) in [6, 6.07) is 2.79. The van der Waals surface area contributed by atoms with Gasteiger partial charge in [0.2, 0.25) is 0 Å². The Hall–Kier alpha value is -0.830. The van der Waals surface area contributed by atoms with Gasteiger partial charge in [0, 0.05) is 31.5 Å². The summed E-state index contributed by atoms with van der Waals surface area (Å²) in [5.74, 6) is 2.39. The maximum Gasteiger partial charge on any atom is 0.109 e. The molecule has 0 radical (unpaired) electrons. The molecule has 0 atom stereocenters. The lowest BCUT2D eigenvalue weighted by Crippen LogP contribution is -2.16. The van der Waals surface area contributed by atoms with Gasteiger partial charge < -0.3 is 9.47 Å². The van der Waals surface area contributed by atoms with Gasteiger partial charge in [-0.2, -0.15) is 0 Å². The first-order valence-corrected chi connectivity index (χ1v) is 6.31. The van der Waals surface area contributed by atoms with Crippen LogP contribution in [0.3, 0.4) is 0 Å². The van der Waals surface area contributed by atoms with Crippen molar-refractivity contribution in [2.24, 2.45) is 0 Å². The lowest BCUT2D eigenvalue weighted by atomic mass is 10.3. The molecule has 1 aliphatic rings. The summed E-state index contributed by atoms with van der Waals surface area (Å²) >= 11 is 1.93. The maximum atomic E-state index is 2.42. The number of hydrogen-bond donors (Lipinski definition) is 0. The number of nitrogens with zero attached hydrogens (tertiary/aromatic N) is 2. The quantitative estimate of drug-likeness (QED) is 0.759. The molecule has 2 nitrogen and oxygen atoms in total. The molecule has 0 N–H and O–H groups in total. The van der Waals surface area contributed by atoms with E-state index in [2.05, 4.69) is 55.6 Å². The van der Waals surface area contributed by atoms with Crippen LogP contribution in [0, 0.1) is 0 Å². The van der Waals surface area contributed by atoms with Crippen LogP contribution in [-0.2, 0) is 0 Å². The minimum atomic E-state index is 0.519. The Morgan fingerprint density at radius 1 is 1.40 bits per heavy atom. The molecule has 1 aromatic rings. The van der Waals surface area contributed by atoms with Crippen molar-refractivity contribution in [2.45, 2.75) is 24.9 Å². The van der Waals surface area contributed by atoms with Gasteiger partial charge >= 0.3 is 0 Å². The second-order valence-electron chi connectivity index (χ2n) is 4.33. The smallest absolute Gasteiger partial charge is 0.109 e. The van der Waals surface area contributed by atoms with Crippen molar-refractivity contribution in [3.8, 4) is 0 Å². The minimum Gasteiger partial charge on any atom is -0.364 e. The fourth-order valence-electron chi connectivity index (χ4n) is 1.93. The van der Waals surface area contributed by atoms with Crippen LogP contribution in [0.1, 0.15) is 25.5 Å². The topological polar surface area (TPSA) is 8.17 Å². The molecule has 2 heterocycles. The highest BCUT2D eigenvalue weighted by Crippen LogP contribution is 2.37. The van der Waals surface area contributed by atoms with Crippen LogP contribution in [0.2, 0.25) is 0 Å². The number of fused-ring (bicyclic) bond motifs is 1. The SMILES string of the molecule is CC(C)n1c(N(C)C)cc2c1SCC=C2. The average Bonchev–Trinajstić information content (AvgIpc) is 2.56.